The van der Waals surface area contributed by atoms with Gasteiger partial charge >= 0.3 is 0 Å². The molecule has 0 atom stereocenters. The SMILES string of the molecule is C(=N\N(Cc1ccccc1)Cc1ccccc1)/c1ccc(-n2c3cc(-c4ccccc4)ccc3c3c4sc5ccccc5c4ccc32)cc1. The summed E-state index contributed by atoms with van der Waals surface area (Å²) in [6.07, 6.45) is 1.98. The summed E-state index contributed by atoms with van der Waals surface area (Å²) in [6.45, 7) is 1.48. The molecule has 0 aliphatic rings. The summed E-state index contributed by atoms with van der Waals surface area (Å²) in [4.78, 5) is 0. The van der Waals surface area contributed by atoms with Gasteiger partial charge in [0, 0.05) is 36.6 Å². The predicted octanol–water partition coefficient (Wildman–Crippen LogP) is 11.9. The molecule has 9 rings (SSSR count). The standard InChI is InChI=1S/C45H33N3S/c1-4-12-33(13-5-1)30-47(31-34-14-6-2-7-15-34)46-29-32-20-23-37(24-21-32)48-41-27-26-39-38-18-10-11-19-43(38)49-45(39)44(41)40-25-22-36(28-42(40)48)35-16-8-3-9-17-35/h1-29H,30-31H2/b46-29+. The van der Waals surface area contributed by atoms with Crippen molar-refractivity contribution >= 4 is 59.5 Å². The van der Waals surface area contributed by atoms with Gasteiger partial charge in [-0.15, -0.1) is 11.3 Å². The first-order chi connectivity index (χ1) is 24.3. The Bertz CT molecular complexity index is 2540. The van der Waals surface area contributed by atoms with Crippen LogP contribution in [0.4, 0.5) is 0 Å². The number of hydrazone groups is 1. The van der Waals surface area contributed by atoms with Crippen LogP contribution in [-0.2, 0) is 13.1 Å². The summed E-state index contributed by atoms with van der Waals surface area (Å²) in [5, 5.41) is 12.3. The van der Waals surface area contributed by atoms with E-state index >= 15 is 0 Å². The van der Waals surface area contributed by atoms with Crippen molar-refractivity contribution in [3.05, 3.63) is 187 Å². The molecule has 0 unspecified atom stereocenters. The molecule has 0 saturated heterocycles. The first kappa shape index (κ1) is 29.2. The number of hydrogen-bond donors (Lipinski definition) is 0. The Morgan fingerprint density at radius 3 is 1.88 bits per heavy atom. The van der Waals surface area contributed by atoms with E-state index < -0.39 is 0 Å². The molecule has 234 valence electrons. The average Bonchev–Trinajstić information content (AvgIpc) is 3.71. The van der Waals surface area contributed by atoms with E-state index in [-0.39, 0.29) is 0 Å². The number of fused-ring (bicyclic) bond motifs is 7. The van der Waals surface area contributed by atoms with E-state index in [1.807, 2.05) is 17.6 Å². The topological polar surface area (TPSA) is 20.5 Å². The molecule has 7 aromatic carbocycles. The average molecular weight is 648 g/mol. The second-order valence-corrected chi connectivity index (χ2v) is 13.6. The summed E-state index contributed by atoms with van der Waals surface area (Å²) in [7, 11) is 0. The maximum atomic E-state index is 4.98. The number of nitrogens with zero attached hydrogens (tertiary/aromatic N) is 3. The summed E-state index contributed by atoms with van der Waals surface area (Å²) in [5.41, 5.74) is 9.53. The van der Waals surface area contributed by atoms with Crippen LogP contribution in [0.2, 0.25) is 0 Å². The van der Waals surface area contributed by atoms with Crippen LogP contribution in [-0.4, -0.2) is 15.8 Å². The van der Waals surface area contributed by atoms with Crippen LogP contribution in [0.15, 0.2) is 175 Å². The Hall–Kier alpha value is -5.97. The molecule has 0 bridgehead atoms. The predicted molar refractivity (Wildman–Crippen MR) is 209 cm³/mol. The van der Waals surface area contributed by atoms with Gasteiger partial charge in [-0.25, -0.2) is 0 Å². The molecule has 0 radical (unpaired) electrons. The minimum absolute atomic E-state index is 0.738. The van der Waals surface area contributed by atoms with E-state index in [9.17, 15) is 0 Å². The van der Waals surface area contributed by atoms with E-state index in [2.05, 4.69) is 179 Å². The molecule has 4 heteroatoms. The molecule has 0 fully saturated rings. The van der Waals surface area contributed by atoms with Gasteiger partial charge in [-0.2, -0.15) is 5.10 Å². The van der Waals surface area contributed by atoms with E-state index in [1.54, 1.807) is 0 Å². The molecule has 0 aliphatic carbocycles. The van der Waals surface area contributed by atoms with Crippen molar-refractivity contribution in [3.63, 3.8) is 0 Å². The lowest BCUT2D eigenvalue weighted by Crippen LogP contribution is -2.17. The van der Waals surface area contributed by atoms with Gasteiger partial charge in [0.2, 0.25) is 0 Å². The van der Waals surface area contributed by atoms with Crippen molar-refractivity contribution in [2.24, 2.45) is 5.10 Å². The molecule has 0 spiro atoms. The Balaban J connectivity index is 1.13. The quantitative estimate of drug-likeness (QED) is 0.119. The highest BCUT2D eigenvalue weighted by atomic mass is 32.1. The zero-order valence-corrected chi connectivity index (χ0v) is 27.7. The summed E-state index contributed by atoms with van der Waals surface area (Å²) < 4.78 is 5.10. The Morgan fingerprint density at radius 2 is 1.16 bits per heavy atom. The largest absolute Gasteiger partial charge is 0.309 e. The normalized spacial score (nSPS) is 11.8. The van der Waals surface area contributed by atoms with Gasteiger partial charge in [0.25, 0.3) is 0 Å². The Morgan fingerprint density at radius 1 is 0.531 bits per heavy atom. The maximum Gasteiger partial charge on any atom is 0.0614 e. The highest BCUT2D eigenvalue weighted by Crippen LogP contribution is 2.44. The Labute approximate surface area is 289 Å². The fourth-order valence-electron chi connectivity index (χ4n) is 6.95. The maximum absolute atomic E-state index is 4.98. The van der Waals surface area contributed by atoms with Crippen molar-refractivity contribution in [1.82, 2.24) is 9.58 Å². The van der Waals surface area contributed by atoms with Crippen molar-refractivity contribution in [2.45, 2.75) is 13.1 Å². The molecule has 0 aliphatic heterocycles. The zero-order chi connectivity index (χ0) is 32.6. The van der Waals surface area contributed by atoms with Gasteiger partial charge in [-0.1, -0.05) is 140 Å². The number of thiophene rings is 1. The fraction of sp³-hybridized carbons (Fsp3) is 0.0444. The molecule has 0 N–H and O–H groups in total. The molecule has 3 nitrogen and oxygen atoms in total. The first-order valence-corrected chi connectivity index (χ1v) is 17.5. The lowest BCUT2D eigenvalue weighted by molar-refractivity contribution is 0.272. The van der Waals surface area contributed by atoms with Gasteiger partial charge in [-0.3, -0.25) is 5.01 Å². The first-order valence-electron chi connectivity index (χ1n) is 16.7. The number of aromatic nitrogens is 1. The third kappa shape index (κ3) is 5.56. The minimum atomic E-state index is 0.738. The van der Waals surface area contributed by atoms with Crippen LogP contribution in [0.1, 0.15) is 16.7 Å². The smallest absolute Gasteiger partial charge is 0.0614 e. The monoisotopic (exact) mass is 647 g/mol. The fourth-order valence-corrected chi connectivity index (χ4v) is 8.21. The highest BCUT2D eigenvalue weighted by Gasteiger charge is 2.18. The lowest BCUT2D eigenvalue weighted by Gasteiger charge is -2.19. The molecule has 49 heavy (non-hydrogen) atoms. The van der Waals surface area contributed by atoms with Crippen LogP contribution in [0.3, 0.4) is 0 Å². The molecule has 2 aromatic heterocycles. The highest BCUT2D eigenvalue weighted by molar-refractivity contribution is 7.26. The van der Waals surface area contributed by atoms with Gasteiger partial charge in [-0.05, 0) is 58.1 Å². The van der Waals surface area contributed by atoms with Gasteiger partial charge in [0.05, 0.1) is 30.3 Å². The van der Waals surface area contributed by atoms with Crippen molar-refractivity contribution in [3.8, 4) is 16.8 Å². The summed E-state index contributed by atoms with van der Waals surface area (Å²) >= 11 is 1.89. The van der Waals surface area contributed by atoms with E-state index in [4.69, 9.17) is 5.10 Å². The van der Waals surface area contributed by atoms with Crippen LogP contribution in [0.25, 0.3) is 58.8 Å². The second-order valence-electron chi connectivity index (χ2n) is 12.5. The van der Waals surface area contributed by atoms with Crippen molar-refractivity contribution in [1.29, 1.82) is 0 Å². The molecular formula is C45H33N3S. The van der Waals surface area contributed by atoms with Crippen molar-refractivity contribution in [2.75, 3.05) is 0 Å². The third-order valence-electron chi connectivity index (χ3n) is 9.32. The van der Waals surface area contributed by atoms with Crippen LogP contribution in [0, 0.1) is 0 Å². The number of hydrogen-bond acceptors (Lipinski definition) is 3. The van der Waals surface area contributed by atoms with Crippen LogP contribution >= 0.6 is 11.3 Å². The van der Waals surface area contributed by atoms with E-state index in [1.165, 1.54) is 64.2 Å². The molecule has 9 aromatic rings. The van der Waals surface area contributed by atoms with E-state index in [0.29, 0.717) is 0 Å². The van der Waals surface area contributed by atoms with Crippen LogP contribution in [0.5, 0.6) is 0 Å². The molecule has 0 saturated carbocycles. The summed E-state index contributed by atoms with van der Waals surface area (Å²) in [6, 6.07) is 60.9. The van der Waals surface area contributed by atoms with Gasteiger partial charge < -0.3 is 4.57 Å². The van der Waals surface area contributed by atoms with Crippen LogP contribution < -0.4 is 0 Å². The number of benzene rings is 7. The third-order valence-corrected chi connectivity index (χ3v) is 10.5. The molecule has 2 heterocycles. The zero-order valence-electron chi connectivity index (χ0n) is 26.9. The number of rotatable bonds is 8. The second kappa shape index (κ2) is 12.6. The van der Waals surface area contributed by atoms with E-state index in [0.717, 1.165) is 24.3 Å². The lowest BCUT2D eigenvalue weighted by atomic mass is 10.0. The minimum Gasteiger partial charge on any atom is -0.309 e. The summed E-state index contributed by atoms with van der Waals surface area (Å²) in [5.74, 6) is 0. The molecule has 0 amide bonds. The van der Waals surface area contributed by atoms with Crippen molar-refractivity contribution < 1.29 is 0 Å². The molecular weight excluding hydrogens is 615 g/mol. The van der Waals surface area contributed by atoms with Gasteiger partial charge in [0.1, 0.15) is 0 Å². The Kier molecular flexibility index (Phi) is 7.49. The van der Waals surface area contributed by atoms with Gasteiger partial charge in [0.15, 0.2) is 0 Å².